The molecule has 0 atom stereocenters. The summed E-state index contributed by atoms with van der Waals surface area (Å²) in [4.78, 5) is 28.9. The van der Waals surface area contributed by atoms with Crippen LogP contribution < -0.4 is 0 Å². The third kappa shape index (κ3) is 3.24. The molecule has 0 saturated heterocycles. The van der Waals surface area contributed by atoms with Gasteiger partial charge in [-0.05, 0) is 32.4 Å². The zero-order chi connectivity index (χ0) is 15.8. The average Bonchev–Trinajstić information content (AvgIpc) is 2.77. The lowest BCUT2D eigenvalue weighted by Gasteiger charge is -2.23. The molecule has 1 aliphatic rings. The second-order valence-corrected chi connectivity index (χ2v) is 5.79. The summed E-state index contributed by atoms with van der Waals surface area (Å²) in [6, 6.07) is 1.49. The largest absolute Gasteiger partial charge is 0.493 e. The molecule has 2 rings (SSSR count). The van der Waals surface area contributed by atoms with Crippen LogP contribution in [0.3, 0.4) is 0 Å². The first-order valence-corrected chi connectivity index (χ1v) is 6.49. The highest BCUT2D eigenvalue weighted by molar-refractivity contribution is 5.92. The quantitative estimate of drug-likeness (QED) is 0.795. The van der Waals surface area contributed by atoms with E-state index in [0.29, 0.717) is 11.3 Å². The van der Waals surface area contributed by atoms with Crippen molar-refractivity contribution in [2.75, 3.05) is 7.11 Å². The first kappa shape index (κ1) is 15.1. The zero-order valence-electron chi connectivity index (χ0n) is 12.5. The highest BCUT2D eigenvalue weighted by Crippen LogP contribution is 2.28. The molecule has 0 fully saturated rings. The van der Waals surface area contributed by atoms with Crippen LogP contribution in [0.5, 0.6) is 5.88 Å². The van der Waals surface area contributed by atoms with E-state index in [9.17, 15) is 14.7 Å². The predicted octanol–water partition coefficient (Wildman–Crippen LogP) is 1.82. The minimum Gasteiger partial charge on any atom is -0.493 e. The van der Waals surface area contributed by atoms with Crippen LogP contribution in [-0.4, -0.2) is 39.8 Å². The van der Waals surface area contributed by atoms with Crippen molar-refractivity contribution in [3.8, 4) is 5.88 Å². The van der Waals surface area contributed by atoms with Gasteiger partial charge in [-0.15, -0.1) is 0 Å². The molecular weight excluding hydrogens is 276 g/mol. The lowest BCUT2D eigenvalue weighted by Crippen LogP contribution is -2.33. The summed E-state index contributed by atoms with van der Waals surface area (Å²) in [5.41, 5.74) is 0.644. The van der Waals surface area contributed by atoms with Crippen LogP contribution in [0, 0.1) is 0 Å². The summed E-state index contributed by atoms with van der Waals surface area (Å²) in [5.74, 6) is -1.06. The van der Waals surface area contributed by atoms with Crippen LogP contribution in [0.15, 0.2) is 6.07 Å². The fourth-order valence-electron chi connectivity index (χ4n) is 2.01. The molecule has 114 valence electrons. The number of fused-ring (bicyclic) bond motifs is 1. The number of amides is 1. The fourth-order valence-corrected chi connectivity index (χ4v) is 2.01. The van der Waals surface area contributed by atoms with Crippen molar-refractivity contribution in [3.63, 3.8) is 0 Å². The Morgan fingerprint density at radius 2 is 2.00 bits per heavy atom. The standard InChI is InChI=1S/C14H18N2O5/c1-14(2,3)21-13(19)16-6-8-5-9(12(18)20-4)11(17)15-10(8)7-16/h5H,6-7H2,1-4H3,(H,15,17). The van der Waals surface area contributed by atoms with Gasteiger partial charge in [-0.3, -0.25) is 4.90 Å². The number of esters is 1. The van der Waals surface area contributed by atoms with Crippen LogP contribution in [0.1, 0.15) is 42.4 Å². The van der Waals surface area contributed by atoms with E-state index in [1.54, 1.807) is 20.8 Å². The number of pyridine rings is 1. The molecule has 2 heterocycles. The smallest absolute Gasteiger partial charge is 0.410 e. The number of aromatic hydroxyl groups is 1. The zero-order valence-corrected chi connectivity index (χ0v) is 12.5. The molecule has 0 aliphatic carbocycles. The minimum atomic E-state index is -0.668. The van der Waals surface area contributed by atoms with Crippen LogP contribution in [0.25, 0.3) is 0 Å². The van der Waals surface area contributed by atoms with E-state index in [-0.39, 0.29) is 18.7 Å². The number of hydrogen-bond acceptors (Lipinski definition) is 6. The van der Waals surface area contributed by atoms with Gasteiger partial charge in [0.25, 0.3) is 0 Å². The van der Waals surface area contributed by atoms with E-state index >= 15 is 0 Å². The molecule has 7 heteroatoms. The second kappa shape index (κ2) is 5.23. The van der Waals surface area contributed by atoms with Gasteiger partial charge >= 0.3 is 12.1 Å². The molecule has 1 aromatic rings. The maximum Gasteiger partial charge on any atom is 0.410 e. The predicted molar refractivity (Wildman–Crippen MR) is 72.7 cm³/mol. The van der Waals surface area contributed by atoms with E-state index in [1.165, 1.54) is 18.1 Å². The number of methoxy groups -OCH3 is 1. The van der Waals surface area contributed by atoms with Crippen LogP contribution >= 0.6 is 0 Å². The second-order valence-electron chi connectivity index (χ2n) is 5.79. The van der Waals surface area contributed by atoms with Crippen molar-refractivity contribution in [2.24, 2.45) is 0 Å². The van der Waals surface area contributed by atoms with Crippen LogP contribution in [0.2, 0.25) is 0 Å². The summed E-state index contributed by atoms with van der Waals surface area (Å²) in [7, 11) is 1.22. The van der Waals surface area contributed by atoms with E-state index in [1.807, 2.05) is 0 Å². The van der Waals surface area contributed by atoms with Crippen molar-refractivity contribution >= 4 is 12.1 Å². The van der Waals surface area contributed by atoms with Crippen molar-refractivity contribution in [1.29, 1.82) is 0 Å². The molecule has 1 amide bonds. The summed E-state index contributed by atoms with van der Waals surface area (Å²) in [6.45, 7) is 5.87. The number of hydrogen-bond donors (Lipinski definition) is 1. The van der Waals surface area contributed by atoms with Crippen molar-refractivity contribution in [3.05, 3.63) is 22.9 Å². The van der Waals surface area contributed by atoms with E-state index in [2.05, 4.69) is 9.72 Å². The number of ether oxygens (including phenoxy) is 2. The first-order chi connectivity index (χ1) is 9.71. The Morgan fingerprint density at radius 1 is 1.33 bits per heavy atom. The Hall–Kier alpha value is -2.31. The Labute approximate surface area is 122 Å². The third-order valence-electron chi connectivity index (χ3n) is 2.93. The Bertz CT molecular complexity index is 592. The molecule has 0 spiro atoms. The van der Waals surface area contributed by atoms with Gasteiger partial charge in [-0.2, -0.15) is 0 Å². The normalized spacial score (nSPS) is 13.8. The molecule has 0 unspecified atom stereocenters. The van der Waals surface area contributed by atoms with Gasteiger partial charge in [-0.1, -0.05) is 0 Å². The molecule has 0 saturated carbocycles. The molecule has 21 heavy (non-hydrogen) atoms. The van der Waals surface area contributed by atoms with Gasteiger partial charge in [-0.25, -0.2) is 14.6 Å². The average molecular weight is 294 g/mol. The minimum absolute atomic E-state index is 0.0118. The topological polar surface area (TPSA) is 89.0 Å². The summed E-state index contributed by atoms with van der Waals surface area (Å²) in [5, 5.41) is 9.74. The molecule has 0 radical (unpaired) electrons. The van der Waals surface area contributed by atoms with Crippen LogP contribution in [-0.2, 0) is 22.6 Å². The van der Waals surface area contributed by atoms with Gasteiger partial charge in [0.1, 0.15) is 11.2 Å². The molecule has 1 aliphatic heterocycles. The van der Waals surface area contributed by atoms with Crippen molar-refractivity contribution in [1.82, 2.24) is 9.88 Å². The monoisotopic (exact) mass is 294 g/mol. The number of carbonyl (C=O) groups is 2. The number of aromatic nitrogens is 1. The molecule has 1 aromatic heterocycles. The summed E-state index contributed by atoms with van der Waals surface area (Å²) in [6.07, 6.45) is -0.459. The highest BCUT2D eigenvalue weighted by atomic mass is 16.6. The van der Waals surface area contributed by atoms with Gasteiger partial charge < -0.3 is 14.6 Å². The number of carbonyl (C=O) groups excluding carboxylic acids is 2. The number of rotatable bonds is 1. The summed E-state index contributed by atoms with van der Waals surface area (Å²) >= 11 is 0. The SMILES string of the molecule is COC(=O)c1cc2c(nc1O)CN(C(=O)OC(C)(C)C)C2. The number of nitrogens with zero attached hydrogens (tertiary/aromatic N) is 2. The van der Waals surface area contributed by atoms with Gasteiger partial charge in [0.15, 0.2) is 0 Å². The third-order valence-corrected chi connectivity index (χ3v) is 2.93. The maximum absolute atomic E-state index is 12.0. The Kier molecular flexibility index (Phi) is 3.76. The maximum atomic E-state index is 12.0. The molecular formula is C14H18N2O5. The highest BCUT2D eigenvalue weighted by Gasteiger charge is 2.30. The van der Waals surface area contributed by atoms with Gasteiger partial charge in [0, 0.05) is 0 Å². The van der Waals surface area contributed by atoms with E-state index in [0.717, 1.165) is 0 Å². The molecule has 7 nitrogen and oxygen atoms in total. The van der Waals surface area contributed by atoms with Gasteiger partial charge in [0.05, 0.1) is 25.9 Å². The van der Waals surface area contributed by atoms with Crippen LogP contribution in [0.4, 0.5) is 4.79 Å². The van der Waals surface area contributed by atoms with Crippen molar-refractivity contribution in [2.45, 2.75) is 39.5 Å². The Morgan fingerprint density at radius 3 is 2.57 bits per heavy atom. The fraction of sp³-hybridized carbons (Fsp3) is 0.500. The van der Waals surface area contributed by atoms with Crippen molar-refractivity contribution < 1.29 is 24.2 Å². The molecule has 1 N–H and O–H groups in total. The molecule has 0 aromatic carbocycles. The van der Waals surface area contributed by atoms with Gasteiger partial charge in [0.2, 0.25) is 5.88 Å². The lowest BCUT2D eigenvalue weighted by molar-refractivity contribution is 0.0240. The van der Waals surface area contributed by atoms with E-state index in [4.69, 9.17) is 4.74 Å². The van der Waals surface area contributed by atoms with E-state index < -0.39 is 23.5 Å². The lowest BCUT2D eigenvalue weighted by atomic mass is 10.1. The first-order valence-electron chi connectivity index (χ1n) is 6.49. The summed E-state index contributed by atoms with van der Waals surface area (Å²) < 4.78 is 9.86. The Balaban J connectivity index is 2.20. The molecule has 0 bridgehead atoms.